The molecule has 8 heteroatoms. The number of nitrogens with zero attached hydrogens (tertiary/aromatic N) is 1. The summed E-state index contributed by atoms with van der Waals surface area (Å²) in [6.07, 6.45) is 1.39. The minimum Gasteiger partial charge on any atom is -0.278 e. The number of aromatic nitrogens is 1. The van der Waals surface area contributed by atoms with E-state index < -0.39 is 15.8 Å². The molecule has 0 bridgehead atoms. The highest BCUT2D eigenvalue weighted by Crippen LogP contribution is 2.25. The minimum absolute atomic E-state index is 0.118. The van der Waals surface area contributed by atoms with Crippen molar-refractivity contribution in [1.82, 2.24) is 4.98 Å². The van der Waals surface area contributed by atoms with Crippen molar-refractivity contribution in [3.8, 4) is 0 Å². The van der Waals surface area contributed by atoms with Gasteiger partial charge in [-0.15, -0.1) is 0 Å². The van der Waals surface area contributed by atoms with Crippen LogP contribution in [0.2, 0.25) is 5.15 Å². The van der Waals surface area contributed by atoms with Gasteiger partial charge in [-0.25, -0.2) is 17.8 Å². The van der Waals surface area contributed by atoms with Crippen molar-refractivity contribution >= 4 is 49.9 Å². The van der Waals surface area contributed by atoms with Crippen LogP contribution >= 0.6 is 34.2 Å². The predicted octanol–water partition coefficient (Wildman–Crippen LogP) is 3.28. The Bertz CT molecular complexity index is 724. The van der Waals surface area contributed by atoms with Gasteiger partial charge in [0.25, 0.3) is 10.0 Å². The minimum atomic E-state index is -3.85. The first-order chi connectivity index (χ1) is 8.90. The molecule has 1 heterocycles. The molecule has 1 aromatic heterocycles. The summed E-state index contributed by atoms with van der Waals surface area (Å²) in [5.41, 5.74) is 0.280. The van der Waals surface area contributed by atoms with Crippen LogP contribution in [0.3, 0.4) is 0 Å². The Kier molecular flexibility index (Phi) is 4.26. The molecule has 0 radical (unpaired) electrons. The Hall–Kier alpha value is -0.930. The van der Waals surface area contributed by atoms with Crippen molar-refractivity contribution in [2.45, 2.75) is 4.90 Å². The highest BCUT2D eigenvalue weighted by Gasteiger charge is 2.19. The van der Waals surface area contributed by atoms with Crippen LogP contribution in [0.5, 0.6) is 0 Å². The highest BCUT2D eigenvalue weighted by atomic mass is 127. The standard InChI is InChI=1S/C11H7ClFIN2O2S/c12-11-10(2-1-5-15-11)19(17,18)16-9-4-3-7(13)6-8(9)14/h1-6,16H. The van der Waals surface area contributed by atoms with Crippen molar-refractivity contribution < 1.29 is 12.8 Å². The predicted molar refractivity (Wildman–Crippen MR) is 79.2 cm³/mol. The molecule has 100 valence electrons. The summed E-state index contributed by atoms with van der Waals surface area (Å²) >= 11 is 7.59. The molecule has 0 unspecified atom stereocenters. The van der Waals surface area contributed by atoms with E-state index in [0.29, 0.717) is 3.57 Å². The summed E-state index contributed by atoms with van der Waals surface area (Å²) in [7, 11) is -3.85. The molecule has 4 nitrogen and oxygen atoms in total. The van der Waals surface area contributed by atoms with Gasteiger partial charge in [0.2, 0.25) is 0 Å². The number of nitrogens with one attached hydrogen (secondary N) is 1. The first-order valence-electron chi connectivity index (χ1n) is 4.98. The number of pyridine rings is 1. The number of hydrogen-bond donors (Lipinski definition) is 1. The zero-order chi connectivity index (χ0) is 14.0. The molecular weight excluding hydrogens is 406 g/mol. The molecule has 0 amide bonds. The molecule has 0 saturated carbocycles. The van der Waals surface area contributed by atoms with Crippen molar-refractivity contribution in [1.29, 1.82) is 0 Å². The van der Waals surface area contributed by atoms with Crippen molar-refractivity contribution in [3.63, 3.8) is 0 Å². The SMILES string of the molecule is O=S(=O)(Nc1ccc(F)cc1I)c1cccnc1Cl. The van der Waals surface area contributed by atoms with E-state index in [1.165, 1.54) is 36.5 Å². The summed E-state index contributed by atoms with van der Waals surface area (Å²) < 4.78 is 40.0. The Balaban J connectivity index is 2.40. The maximum absolute atomic E-state index is 13.0. The molecule has 0 aliphatic carbocycles. The van der Waals surface area contributed by atoms with Gasteiger partial charge in [0, 0.05) is 9.77 Å². The number of benzene rings is 1. The third kappa shape index (κ3) is 3.34. The van der Waals surface area contributed by atoms with E-state index in [1.807, 2.05) is 22.6 Å². The normalized spacial score (nSPS) is 11.3. The van der Waals surface area contributed by atoms with Gasteiger partial charge in [-0.2, -0.15) is 0 Å². The van der Waals surface area contributed by atoms with E-state index in [0.717, 1.165) is 0 Å². The molecule has 0 atom stereocenters. The number of sulfonamides is 1. The molecule has 0 aliphatic rings. The van der Waals surface area contributed by atoms with Crippen LogP contribution in [0.4, 0.5) is 10.1 Å². The van der Waals surface area contributed by atoms with E-state index in [9.17, 15) is 12.8 Å². The molecule has 1 N–H and O–H groups in total. The Morgan fingerprint density at radius 2 is 2.05 bits per heavy atom. The Labute approximate surface area is 128 Å². The average Bonchev–Trinajstić information content (AvgIpc) is 2.33. The summed E-state index contributed by atoms with van der Waals surface area (Å²) in [5, 5.41) is -0.118. The molecule has 19 heavy (non-hydrogen) atoms. The molecular formula is C11H7ClFIN2O2S. The molecule has 0 fully saturated rings. The topological polar surface area (TPSA) is 59.1 Å². The lowest BCUT2D eigenvalue weighted by Gasteiger charge is -2.10. The number of rotatable bonds is 3. The van der Waals surface area contributed by atoms with Gasteiger partial charge in [-0.05, 0) is 52.9 Å². The fourth-order valence-corrected chi connectivity index (χ4v) is 3.67. The summed E-state index contributed by atoms with van der Waals surface area (Å²) in [6, 6.07) is 6.55. The van der Waals surface area contributed by atoms with Crippen LogP contribution in [-0.4, -0.2) is 13.4 Å². The first-order valence-corrected chi connectivity index (χ1v) is 7.92. The fraction of sp³-hybridized carbons (Fsp3) is 0. The number of anilines is 1. The lowest BCUT2D eigenvalue weighted by molar-refractivity contribution is 0.600. The van der Waals surface area contributed by atoms with E-state index in [4.69, 9.17) is 11.6 Å². The first kappa shape index (κ1) is 14.5. The van der Waals surface area contributed by atoms with Crippen LogP contribution in [0.1, 0.15) is 0 Å². The van der Waals surface area contributed by atoms with Gasteiger partial charge in [-0.1, -0.05) is 11.6 Å². The average molecular weight is 413 g/mol. The van der Waals surface area contributed by atoms with E-state index >= 15 is 0 Å². The Morgan fingerprint density at radius 1 is 1.32 bits per heavy atom. The quantitative estimate of drug-likeness (QED) is 0.622. The van der Waals surface area contributed by atoms with Crippen LogP contribution < -0.4 is 4.72 Å². The summed E-state index contributed by atoms with van der Waals surface area (Å²) in [6.45, 7) is 0. The molecule has 0 spiro atoms. The third-order valence-electron chi connectivity index (χ3n) is 2.19. The highest BCUT2D eigenvalue weighted by molar-refractivity contribution is 14.1. The van der Waals surface area contributed by atoms with Gasteiger partial charge in [-0.3, -0.25) is 4.72 Å². The molecule has 0 aliphatic heterocycles. The largest absolute Gasteiger partial charge is 0.278 e. The van der Waals surface area contributed by atoms with Crippen LogP contribution in [0.15, 0.2) is 41.4 Å². The van der Waals surface area contributed by atoms with E-state index in [2.05, 4.69) is 9.71 Å². The van der Waals surface area contributed by atoms with Gasteiger partial charge in [0.15, 0.2) is 0 Å². The summed E-state index contributed by atoms with van der Waals surface area (Å²) in [4.78, 5) is 3.58. The van der Waals surface area contributed by atoms with Crippen LogP contribution in [0.25, 0.3) is 0 Å². The lowest BCUT2D eigenvalue weighted by atomic mass is 10.3. The van der Waals surface area contributed by atoms with E-state index in [1.54, 1.807) is 0 Å². The van der Waals surface area contributed by atoms with Crippen molar-refractivity contribution in [2.24, 2.45) is 0 Å². The maximum atomic E-state index is 13.0. The molecule has 1 aromatic carbocycles. The summed E-state index contributed by atoms with van der Waals surface area (Å²) in [5.74, 6) is -0.438. The maximum Gasteiger partial charge on any atom is 0.264 e. The lowest BCUT2D eigenvalue weighted by Crippen LogP contribution is -2.14. The van der Waals surface area contributed by atoms with Crippen LogP contribution in [0, 0.1) is 9.39 Å². The van der Waals surface area contributed by atoms with Crippen molar-refractivity contribution in [3.05, 3.63) is 51.1 Å². The second-order valence-electron chi connectivity index (χ2n) is 3.52. The van der Waals surface area contributed by atoms with Gasteiger partial charge >= 0.3 is 0 Å². The zero-order valence-electron chi connectivity index (χ0n) is 9.27. The van der Waals surface area contributed by atoms with E-state index in [-0.39, 0.29) is 15.7 Å². The molecule has 0 saturated heterocycles. The second kappa shape index (κ2) is 5.59. The zero-order valence-corrected chi connectivity index (χ0v) is 13.0. The third-order valence-corrected chi connectivity index (χ3v) is 4.89. The fourth-order valence-electron chi connectivity index (χ4n) is 1.34. The van der Waals surface area contributed by atoms with Gasteiger partial charge < -0.3 is 0 Å². The smallest absolute Gasteiger partial charge is 0.264 e. The van der Waals surface area contributed by atoms with Gasteiger partial charge in [0.1, 0.15) is 15.9 Å². The second-order valence-corrected chi connectivity index (χ2v) is 6.69. The molecule has 2 rings (SSSR count). The van der Waals surface area contributed by atoms with Crippen LogP contribution in [-0.2, 0) is 10.0 Å². The number of hydrogen-bond acceptors (Lipinski definition) is 3. The monoisotopic (exact) mass is 412 g/mol. The Morgan fingerprint density at radius 3 is 2.68 bits per heavy atom. The van der Waals surface area contributed by atoms with Crippen molar-refractivity contribution in [2.75, 3.05) is 4.72 Å². The number of halogens is 3. The van der Waals surface area contributed by atoms with Gasteiger partial charge in [0.05, 0.1) is 5.69 Å². The molecule has 2 aromatic rings.